The molecule has 0 aliphatic rings. The normalized spacial score (nSPS) is 15.2. The average molecular weight is 195 g/mol. The second kappa shape index (κ2) is 4.09. The summed E-state index contributed by atoms with van der Waals surface area (Å²) in [6.07, 6.45) is 0.395. The third-order valence-electron chi connectivity index (χ3n) is 2.28. The van der Waals surface area contributed by atoms with Crippen LogP contribution in [0.2, 0.25) is 0 Å². The van der Waals surface area contributed by atoms with Crippen LogP contribution >= 0.6 is 0 Å². The second-order valence-corrected chi connectivity index (χ2v) is 4.29. The number of rotatable bonds is 3. The van der Waals surface area contributed by atoms with Crippen molar-refractivity contribution in [1.82, 2.24) is 0 Å². The van der Waals surface area contributed by atoms with Gasteiger partial charge in [0.25, 0.3) is 0 Å². The fourth-order valence-corrected chi connectivity index (χ4v) is 1.67. The monoisotopic (exact) mass is 195 g/mol. The Labute approximate surface area is 85.1 Å². The topological polar surface area (TPSA) is 26.0 Å². The molecule has 0 heterocycles. The van der Waals surface area contributed by atoms with Gasteiger partial charge in [-0.25, -0.2) is 4.39 Å². The molecule has 0 fully saturated rings. The third-order valence-corrected chi connectivity index (χ3v) is 2.28. The Kier molecular flexibility index (Phi) is 3.27. The quantitative estimate of drug-likeness (QED) is 0.788. The summed E-state index contributed by atoms with van der Waals surface area (Å²) in [6, 6.07) is 6.11. The number of halogens is 1. The molecule has 1 nitrogen and oxygen atoms in total. The molecule has 0 aromatic heterocycles. The standard InChI is InChI=1S/C12H18FN/c1-9-4-10(2)6-11(5-9)7-12(3,13)8-14/h4-6H,7-8,14H2,1-3H3. The highest BCUT2D eigenvalue weighted by molar-refractivity contribution is 5.29. The number of hydrogen-bond acceptors (Lipinski definition) is 1. The molecular weight excluding hydrogens is 177 g/mol. The van der Waals surface area contributed by atoms with E-state index in [9.17, 15) is 4.39 Å². The third kappa shape index (κ3) is 3.11. The number of alkyl halides is 1. The van der Waals surface area contributed by atoms with Gasteiger partial charge in [0, 0.05) is 13.0 Å². The van der Waals surface area contributed by atoms with E-state index in [1.165, 1.54) is 11.1 Å². The molecule has 0 radical (unpaired) electrons. The van der Waals surface area contributed by atoms with E-state index >= 15 is 0 Å². The first-order chi connectivity index (χ1) is 6.43. The van der Waals surface area contributed by atoms with Crippen molar-refractivity contribution in [2.24, 2.45) is 5.73 Å². The van der Waals surface area contributed by atoms with Gasteiger partial charge in [0.05, 0.1) is 0 Å². The number of aryl methyl sites for hydroxylation is 2. The molecule has 0 spiro atoms. The van der Waals surface area contributed by atoms with E-state index in [1.807, 2.05) is 26.0 Å². The second-order valence-electron chi connectivity index (χ2n) is 4.29. The minimum atomic E-state index is -1.29. The predicted molar refractivity (Wildman–Crippen MR) is 58.2 cm³/mol. The largest absolute Gasteiger partial charge is 0.328 e. The molecule has 0 amide bonds. The van der Waals surface area contributed by atoms with Crippen LogP contribution in [0.4, 0.5) is 4.39 Å². The first-order valence-corrected chi connectivity index (χ1v) is 4.89. The van der Waals surface area contributed by atoms with Crippen LogP contribution in [0.1, 0.15) is 23.6 Å². The number of hydrogen-bond donors (Lipinski definition) is 1. The Morgan fingerprint density at radius 3 is 2.14 bits per heavy atom. The summed E-state index contributed by atoms with van der Waals surface area (Å²) < 4.78 is 13.6. The molecule has 0 saturated heterocycles. The minimum absolute atomic E-state index is 0.0694. The van der Waals surface area contributed by atoms with Crippen LogP contribution in [-0.4, -0.2) is 12.2 Å². The van der Waals surface area contributed by atoms with E-state index in [2.05, 4.69) is 6.07 Å². The van der Waals surface area contributed by atoms with E-state index in [4.69, 9.17) is 5.73 Å². The summed E-state index contributed by atoms with van der Waals surface area (Å²) in [4.78, 5) is 0. The van der Waals surface area contributed by atoms with Gasteiger partial charge in [0.2, 0.25) is 0 Å². The highest BCUT2D eigenvalue weighted by atomic mass is 19.1. The SMILES string of the molecule is Cc1cc(C)cc(CC(C)(F)CN)c1. The van der Waals surface area contributed by atoms with Gasteiger partial charge >= 0.3 is 0 Å². The summed E-state index contributed by atoms with van der Waals surface area (Å²) in [7, 11) is 0. The van der Waals surface area contributed by atoms with Crippen molar-refractivity contribution in [2.75, 3.05) is 6.54 Å². The molecule has 0 aliphatic heterocycles. The summed E-state index contributed by atoms with van der Waals surface area (Å²) in [6.45, 7) is 5.66. The molecule has 78 valence electrons. The zero-order chi connectivity index (χ0) is 10.8. The molecule has 1 aromatic carbocycles. The van der Waals surface area contributed by atoms with E-state index in [0.717, 1.165) is 5.56 Å². The van der Waals surface area contributed by atoms with Gasteiger partial charge in [-0.15, -0.1) is 0 Å². The molecule has 0 saturated carbocycles. The smallest absolute Gasteiger partial charge is 0.124 e. The fourth-order valence-electron chi connectivity index (χ4n) is 1.67. The van der Waals surface area contributed by atoms with Crippen molar-refractivity contribution < 1.29 is 4.39 Å². The zero-order valence-electron chi connectivity index (χ0n) is 9.10. The molecule has 0 aliphatic carbocycles. The van der Waals surface area contributed by atoms with Crippen LogP contribution in [-0.2, 0) is 6.42 Å². The summed E-state index contributed by atoms with van der Waals surface area (Å²) in [5.41, 5.74) is 7.44. The van der Waals surface area contributed by atoms with Gasteiger partial charge in [-0.3, -0.25) is 0 Å². The lowest BCUT2D eigenvalue weighted by atomic mass is 9.96. The van der Waals surface area contributed by atoms with Crippen LogP contribution in [0.15, 0.2) is 18.2 Å². The molecule has 2 N–H and O–H groups in total. The van der Waals surface area contributed by atoms with E-state index in [-0.39, 0.29) is 6.54 Å². The van der Waals surface area contributed by atoms with Gasteiger partial charge in [0.1, 0.15) is 5.67 Å². The van der Waals surface area contributed by atoms with Crippen molar-refractivity contribution >= 4 is 0 Å². The van der Waals surface area contributed by atoms with Crippen molar-refractivity contribution in [3.8, 4) is 0 Å². The summed E-state index contributed by atoms with van der Waals surface area (Å²) in [5.74, 6) is 0. The molecule has 1 atom stereocenters. The minimum Gasteiger partial charge on any atom is -0.328 e. The first-order valence-electron chi connectivity index (χ1n) is 4.89. The zero-order valence-corrected chi connectivity index (χ0v) is 9.10. The predicted octanol–water partition coefficient (Wildman–Crippen LogP) is 2.53. The Morgan fingerprint density at radius 1 is 1.21 bits per heavy atom. The average Bonchev–Trinajstić information content (AvgIpc) is 2.01. The highest BCUT2D eigenvalue weighted by Gasteiger charge is 2.21. The lowest BCUT2D eigenvalue weighted by Gasteiger charge is -2.18. The van der Waals surface area contributed by atoms with Gasteiger partial charge in [-0.1, -0.05) is 29.3 Å². The Bertz CT molecular complexity index is 298. The van der Waals surface area contributed by atoms with E-state index in [1.54, 1.807) is 6.92 Å². The van der Waals surface area contributed by atoms with Gasteiger partial charge < -0.3 is 5.73 Å². The lowest BCUT2D eigenvalue weighted by molar-refractivity contribution is 0.200. The van der Waals surface area contributed by atoms with Gasteiger partial charge in [0.15, 0.2) is 0 Å². The maximum atomic E-state index is 13.6. The van der Waals surface area contributed by atoms with Gasteiger partial charge in [-0.2, -0.15) is 0 Å². The molecule has 1 unspecified atom stereocenters. The molecule has 2 heteroatoms. The Hall–Kier alpha value is -0.890. The fraction of sp³-hybridized carbons (Fsp3) is 0.500. The molecular formula is C12H18FN. The van der Waals surface area contributed by atoms with Crippen LogP contribution < -0.4 is 5.73 Å². The van der Waals surface area contributed by atoms with Gasteiger partial charge in [-0.05, 0) is 26.3 Å². The van der Waals surface area contributed by atoms with Crippen LogP contribution in [0.3, 0.4) is 0 Å². The first kappa shape index (κ1) is 11.2. The van der Waals surface area contributed by atoms with E-state index in [0.29, 0.717) is 6.42 Å². The summed E-state index contributed by atoms with van der Waals surface area (Å²) in [5, 5.41) is 0. The van der Waals surface area contributed by atoms with Crippen molar-refractivity contribution in [2.45, 2.75) is 32.9 Å². The summed E-state index contributed by atoms with van der Waals surface area (Å²) >= 11 is 0. The maximum Gasteiger partial charge on any atom is 0.124 e. The Morgan fingerprint density at radius 2 is 1.71 bits per heavy atom. The maximum absolute atomic E-state index is 13.6. The Balaban J connectivity index is 2.87. The van der Waals surface area contributed by atoms with Crippen molar-refractivity contribution in [1.29, 1.82) is 0 Å². The van der Waals surface area contributed by atoms with Crippen molar-refractivity contribution in [3.05, 3.63) is 34.9 Å². The highest BCUT2D eigenvalue weighted by Crippen LogP contribution is 2.18. The van der Waals surface area contributed by atoms with Crippen molar-refractivity contribution in [3.63, 3.8) is 0 Å². The van der Waals surface area contributed by atoms with Crippen LogP contribution in [0.5, 0.6) is 0 Å². The molecule has 1 rings (SSSR count). The number of benzene rings is 1. The number of nitrogens with two attached hydrogens (primary N) is 1. The lowest BCUT2D eigenvalue weighted by Crippen LogP contribution is -2.31. The van der Waals surface area contributed by atoms with Crippen LogP contribution in [0.25, 0.3) is 0 Å². The molecule has 0 bridgehead atoms. The van der Waals surface area contributed by atoms with Crippen LogP contribution in [0, 0.1) is 13.8 Å². The van der Waals surface area contributed by atoms with E-state index < -0.39 is 5.67 Å². The molecule has 1 aromatic rings. The molecule has 14 heavy (non-hydrogen) atoms.